The summed E-state index contributed by atoms with van der Waals surface area (Å²) in [7, 11) is 0. The van der Waals surface area contributed by atoms with Gasteiger partial charge in [-0.15, -0.1) is 0 Å². The molecular formula is C10H14FNO2. The van der Waals surface area contributed by atoms with Gasteiger partial charge in [0.05, 0.1) is 12.7 Å². The quantitative estimate of drug-likeness (QED) is 0.805. The van der Waals surface area contributed by atoms with Crippen LogP contribution in [0.4, 0.5) is 4.39 Å². The number of ether oxygens (including phenoxy) is 1. The number of aliphatic hydroxyl groups excluding tert-OH is 1. The van der Waals surface area contributed by atoms with Crippen LogP contribution >= 0.6 is 0 Å². The zero-order chi connectivity index (χ0) is 10.6. The minimum atomic E-state index is -0.574. The molecule has 3 nitrogen and oxygen atoms in total. The highest BCUT2D eigenvalue weighted by atomic mass is 19.1. The molecule has 0 aliphatic carbocycles. The first-order chi connectivity index (χ1) is 6.69. The van der Waals surface area contributed by atoms with Crippen LogP contribution in [-0.2, 0) is 6.61 Å². The number of pyridine rings is 1. The Morgan fingerprint density at radius 3 is 2.93 bits per heavy atom. The summed E-state index contributed by atoms with van der Waals surface area (Å²) < 4.78 is 18.7. The van der Waals surface area contributed by atoms with E-state index < -0.39 is 5.82 Å². The van der Waals surface area contributed by atoms with E-state index in [1.807, 2.05) is 13.8 Å². The maximum absolute atomic E-state index is 13.4. The number of hydrogen-bond donors (Lipinski definition) is 1. The van der Waals surface area contributed by atoms with Crippen LogP contribution in [0.5, 0.6) is 5.88 Å². The van der Waals surface area contributed by atoms with Crippen LogP contribution in [-0.4, -0.2) is 16.2 Å². The van der Waals surface area contributed by atoms with E-state index in [0.29, 0.717) is 0 Å². The Bertz CT molecular complexity index is 304. The van der Waals surface area contributed by atoms with Crippen LogP contribution < -0.4 is 4.74 Å². The van der Waals surface area contributed by atoms with E-state index in [2.05, 4.69) is 4.98 Å². The van der Waals surface area contributed by atoms with Gasteiger partial charge >= 0.3 is 0 Å². The summed E-state index contributed by atoms with van der Waals surface area (Å²) in [4.78, 5) is 3.77. The number of hydrogen-bond acceptors (Lipinski definition) is 3. The second-order valence-corrected chi connectivity index (χ2v) is 3.08. The fourth-order valence-electron chi connectivity index (χ4n) is 0.940. The van der Waals surface area contributed by atoms with E-state index in [1.165, 1.54) is 12.3 Å². The third-order valence-corrected chi connectivity index (χ3v) is 2.00. The smallest absolute Gasteiger partial charge is 0.251 e. The molecule has 4 heteroatoms. The predicted molar refractivity (Wildman–Crippen MR) is 50.5 cm³/mol. The van der Waals surface area contributed by atoms with Gasteiger partial charge in [-0.05, 0) is 19.4 Å². The lowest BCUT2D eigenvalue weighted by molar-refractivity contribution is 0.195. The van der Waals surface area contributed by atoms with Crippen LogP contribution in [0.15, 0.2) is 12.3 Å². The fourth-order valence-corrected chi connectivity index (χ4v) is 0.940. The Morgan fingerprint density at radius 2 is 2.36 bits per heavy atom. The van der Waals surface area contributed by atoms with Crippen LogP contribution in [0.3, 0.4) is 0 Å². The number of halogens is 1. The Morgan fingerprint density at radius 1 is 1.64 bits per heavy atom. The topological polar surface area (TPSA) is 42.4 Å². The molecular weight excluding hydrogens is 185 g/mol. The molecule has 0 bridgehead atoms. The van der Waals surface area contributed by atoms with Crippen molar-refractivity contribution in [1.82, 2.24) is 4.98 Å². The van der Waals surface area contributed by atoms with Crippen molar-refractivity contribution < 1.29 is 14.2 Å². The van der Waals surface area contributed by atoms with Crippen LogP contribution in [0.1, 0.15) is 25.8 Å². The summed E-state index contributed by atoms with van der Waals surface area (Å²) in [6.07, 6.45) is 2.13. The molecule has 0 fully saturated rings. The van der Waals surface area contributed by atoms with Gasteiger partial charge < -0.3 is 9.84 Å². The van der Waals surface area contributed by atoms with Crippen molar-refractivity contribution in [3.63, 3.8) is 0 Å². The van der Waals surface area contributed by atoms with Crippen LogP contribution in [0.25, 0.3) is 0 Å². The standard InChI is InChI=1S/C10H14FNO2/c1-3-7(2)14-10-9(11)8(6-13)4-5-12-10/h4-5,7,13H,3,6H2,1-2H3. The average Bonchev–Trinajstić information content (AvgIpc) is 2.21. The van der Waals surface area contributed by atoms with E-state index in [9.17, 15) is 4.39 Å². The first-order valence-corrected chi connectivity index (χ1v) is 4.60. The van der Waals surface area contributed by atoms with Gasteiger partial charge in [0, 0.05) is 11.8 Å². The predicted octanol–water partition coefficient (Wildman–Crippen LogP) is 1.89. The van der Waals surface area contributed by atoms with E-state index in [-0.39, 0.29) is 24.2 Å². The highest BCUT2D eigenvalue weighted by Gasteiger charge is 2.11. The molecule has 1 heterocycles. The Balaban J connectivity index is 2.86. The second kappa shape index (κ2) is 4.91. The first-order valence-electron chi connectivity index (χ1n) is 4.60. The van der Waals surface area contributed by atoms with E-state index in [0.717, 1.165) is 6.42 Å². The van der Waals surface area contributed by atoms with Crippen molar-refractivity contribution in [3.05, 3.63) is 23.6 Å². The third-order valence-electron chi connectivity index (χ3n) is 2.00. The SMILES string of the molecule is CCC(C)Oc1nccc(CO)c1F. The van der Waals surface area contributed by atoms with Crippen molar-refractivity contribution >= 4 is 0 Å². The van der Waals surface area contributed by atoms with E-state index >= 15 is 0 Å². The van der Waals surface area contributed by atoms with Gasteiger partial charge in [-0.3, -0.25) is 0 Å². The molecule has 1 aromatic rings. The van der Waals surface area contributed by atoms with Gasteiger partial charge in [0.25, 0.3) is 5.88 Å². The summed E-state index contributed by atoms with van der Waals surface area (Å²) in [5, 5.41) is 8.81. The molecule has 0 saturated carbocycles. The molecule has 0 aliphatic heterocycles. The maximum Gasteiger partial charge on any atom is 0.251 e. The number of rotatable bonds is 4. The fraction of sp³-hybridized carbons (Fsp3) is 0.500. The Kier molecular flexibility index (Phi) is 3.83. The average molecular weight is 199 g/mol. The van der Waals surface area contributed by atoms with Gasteiger partial charge in [0.15, 0.2) is 5.82 Å². The maximum atomic E-state index is 13.4. The minimum absolute atomic E-state index is 0.0362. The van der Waals surface area contributed by atoms with Crippen molar-refractivity contribution in [1.29, 1.82) is 0 Å². The van der Waals surface area contributed by atoms with E-state index in [4.69, 9.17) is 9.84 Å². The molecule has 0 aromatic carbocycles. The van der Waals surface area contributed by atoms with Crippen LogP contribution in [0.2, 0.25) is 0 Å². The normalized spacial score (nSPS) is 12.6. The molecule has 14 heavy (non-hydrogen) atoms. The molecule has 1 rings (SSSR count). The zero-order valence-corrected chi connectivity index (χ0v) is 8.33. The first kappa shape index (κ1) is 10.9. The van der Waals surface area contributed by atoms with Gasteiger partial charge in [0.2, 0.25) is 0 Å². The third kappa shape index (κ3) is 2.42. The van der Waals surface area contributed by atoms with Gasteiger partial charge in [0.1, 0.15) is 0 Å². The molecule has 0 spiro atoms. The monoisotopic (exact) mass is 199 g/mol. The van der Waals surface area contributed by atoms with Gasteiger partial charge in [-0.2, -0.15) is 0 Å². The molecule has 1 N–H and O–H groups in total. The molecule has 1 unspecified atom stereocenters. The number of aromatic nitrogens is 1. The summed E-state index contributed by atoms with van der Waals surface area (Å²) in [6.45, 7) is 3.44. The van der Waals surface area contributed by atoms with Crippen LogP contribution in [0, 0.1) is 5.82 Å². The summed E-state index contributed by atoms with van der Waals surface area (Å²) in [5.41, 5.74) is 0.207. The van der Waals surface area contributed by atoms with Gasteiger partial charge in [-0.1, -0.05) is 6.92 Å². The van der Waals surface area contributed by atoms with Gasteiger partial charge in [-0.25, -0.2) is 9.37 Å². The lowest BCUT2D eigenvalue weighted by atomic mass is 10.2. The summed E-state index contributed by atoms with van der Waals surface area (Å²) >= 11 is 0. The van der Waals surface area contributed by atoms with E-state index in [1.54, 1.807) is 0 Å². The lowest BCUT2D eigenvalue weighted by Gasteiger charge is -2.12. The number of aliphatic hydroxyl groups is 1. The summed E-state index contributed by atoms with van der Waals surface area (Å²) in [6, 6.07) is 1.43. The Labute approximate surface area is 82.5 Å². The number of nitrogens with zero attached hydrogens (tertiary/aromatic N) is 1. The van der Waals surface area contributed by atoms with Crippen molar-refractivity contribution in [2.24, 2.45) is 0 Å². The lowest BCUT2D eigenvalue weighted by Crippen LogP contribution is -2.12. The second-order valence-electron chi connectivity index (χ2n) is 3.08. The molecule has 1 aromatic heterocycles. The largest absolute Gasteiger partial charge is 0.473 e. The van der Waals surface area contributed by atoms with Crippen molar-refractivity contribution in [2.75, 3.05) is 0 Å². The molecule has 0 radical (unpaired) electrons. The molecule has 0 amide bonds. The highest BCUT2D eigenvalue weighted by Crippen LogP contribution is 2.18. The van der Waals surface area contributed by atoms with Crippen molar-refractivity contribution in [3.8, 4) is 5.88 Å². The highest BCUT2D eigenvalue weighted by molar-refractivity contribution is 5.22. The minimum Gasteiger partial charge on any atom is -0.473 e. The summed E-state index contributed by atoms with van der Waals surface area (Å²) in [5.74, 6) is -0.610. The Hall–Kier alpha value is -1.16. The molecule has 1 atom stereocenters. The van der Waals surface area contributed by atoms with Crippen molar-refractivity contribution in [2.45, 2.75) is 33.0 Å². The molecule has 0 aliphatic rings. The molecule has 0 saturated heterocycles. The zero-order valence-electron chi connectivity index (χ0n) is 8.33. The molecule has 78 valence electrons.